The van der Waals surface area contributed by atoms with E-state index in [-0.39, 0.29) is 17.0 Å². The van der Waals surface area contributed by atoms with Crippen LogP contribution in [0.1, 0.15) is 16.1 Å². The summed E-state index contributed by atoms with van der Waals surface area (Å²) in [5.74, 6) is -0.601. The SMILES string of the molecule is NS(=O)(=O)c1ccc(NCc2cc(C(=O)O)co2)cc1. The molecule has 0 amide bonds. The first kappa shape index (κ1) is 14.1. The van der Waals surface area contributed by atoms with Gasteiger partial charge in [0.2, 0.25) is 10.0 Å². The number of primary sulfonamides is 1. The van der Waals surface area contributed by atoms with Gasteiger partial charge >= 0.3 is 5.97 Å². The highest BCUT2D eigenvalue weighted by molar-refractivity contribution is 7.89. The molecule has 0 aliphatic heterocycles. The molecule has 2 rings (SSSR count). The molecule has 2 aromatic rings. The second-order valence-corrected chi connectivity index (χ2v) is 5.59. The van der Waals surface area contributed by atoms with Gasteiger partial charge in [0.15, 0.2) is 0 Å². The lowest BCUT2D eigenvalue weighted by Crippen LogP contribution is -2.11. The summed E-state index contributed by atoms with van der Waals surface area (Å²) < 4.78 is 27.2. The fourth-order valence-electron chi connectivity index (χ4n) is 1.54. The smallest absolute Gasteiger partial charge is 0.338 e. The van der Waals surface area contributed by atoms with Crippen LogP contribution in [0.5, 0.6) is 0 Å². The second kappa shape index (κ2) is 5.35. The molecule has 8 heteroatoms. The summed E-state index contributed by atoms with van der Waals surface area (Å²) in [6.07, 6.45) is 1.16. The highest BCUT2D eigenvalue weighted by Crippen LogP contribution is 2.15. The van der Waals surface area contributed by atoms with Crippen LogP contribution in [0.3, 0.4) is 0 Å². The molecule has 0 aliphatic carbocycles. The maximum Gasteiger partial charge on any atom is 0.338 e. The van der Waals surface area contributed by atoms with Gasteiger partial charge in [-0.15, -0.1) is 0 Å². The van der Waals surface area contributed by atoms with Gasteiger partial charge in [0.25, 0.3) is 0 Å². The van der Waals surface area contributed by atoms with Crippen molar-refractivity contribution in [2.75, 3.05) is 5.32 Å². The summed E-state index contributed by atoms with van der Waals surface area (Å²) in [4.78, 5) is 10.7. The van der Waals surface area contributed by atoms with Crippen molar-refractivity contribution < 1.29 is 22.7 Å². The monoisotopic (exact) mass is 296 g/mol. The zero-order valence-corrected chi connectivity index (χ0v) is 11.1. The first-order valence-electron chi connectivity index (χ1n) is 5.54. The first-order chi connectivity index (χ1) is 9.36. The molecular weight excluding hydrogens is 284 g/mol. The van der Waals surface area contributed by atoms with E-state index in [9.17, 15) is 13.2 Å². The third-order valence-electron chi connectivity index (χ3n) is 2.55. The number of carbonyl (C=O) groups is 1. The average molecular weight is 296 g/mol. The van der Waals surface area contributed by atoms with E-state index >= 15 is 0 Å². The van der Waals surface area contributed by atoms with Gasteiger partial charge in [-0.3, -0.25) is 0 Å². The van der Waals surface area contributed by atoms with Gasteiger partial charge in [-0.25, -0.2) is 18.4 Å². The Morgan fingerprint density at radius 3 is 2.45 bits per heavy atom. The number of rotatable bonds is 5. The Labute approximate surface area is 115 Å². The van der Waals surface area contributed by atoms with Crippen molar-refractivity contribution in [2.24, 2.45) is 5.14 Å². The minimum absolute atomic E-state index is 0.0224. The van der Waals surface area contributed by atoms with E-state index in [1.165, 1.54) is 18.2 Å². The van der Waals surface area contributed by atoms with E-state index in [2.05, 4.69) is 5.32 Å². The molecule has 0 aliphatic rings. The molecule has 0 saturated heterocycles. The summed E-state index contributed by atoms with van der Waals surface area (Å²) in [5.41, 5.74) is 0.733. The maximum absolute atomic E-state index is 11.1. The van der Waals surface area contributed by atoms with Crippen molar-refractivity contribution in [3.05, 3.63) is 47.9 Å². The Morgan fingerprint density at radius 1 is 1.30 bits per heavy atom. The minimum Gasteiger partial charge on any atom is -0.478 e. The van der Waals surface area contributed by atoms with Crippen molar-refractivity contribution >= 4 is 21.7 Å². The van der Waals surface area contributed by atoms with Crippen LogP contribution in [0.15, 0.2) is 45.9 Å². The largest absolute Gasteiger partial charge is 0.478 e. The number of benzene rings is 1. The molecule has 4 N–H and O–H groups in total. The van der Waals surface area contributed by atoms with E-state index in [0.717, 1.165) is 6.26 Å². The van der Waals surface area contributed by atoms with E-state index in [4.69, 9.17) is 14.7 Å². The molecule has 1 aromatic carbocycles. The maximum atomic E-state index is 11.1. The average Bonchev–Trinajstić information content (AvgIpc) is 2.85. The Balaban J connectivity index is 2.02. The zero-order chi connectivity index (χ0) is 14.8. The molecule has 106 valence electrons. The number of carboxylic acids is 1. The van der Waals surface area contributed by atoms with Crippen LogP contribution >= 0.6 is 0 Å². The van der Waals surface area contributed by atoms with Crippen molar-refractivity contribution in [3.8, 4) is 0 Å². The minimum atomic E-state index is -3.70. The van der Waals surface area contributed by atoms with Gasteiger partial charge in [-0.1, -0.05) is 0 Å². The van der Waals surface area contributed by atoms with Crippen LogP contribution in [-0.4, -0.2) is 19.5 Å². The van der Waals surface area contributed by atoms with Gasteiger partial charge in [0, 0.05) is 5.69 Å². The third-order valence-corrected chi connectivity index (χ3v) is 3.48. The third kappa shape index (κ3) is 3.37. The molecule has 0 atom stereocenters. The van der Waals surface area contributed by atoms with Crippen LogP contribution in [0.4, 0.5) is 5.69 Å². The standard InChI is InChI=1S/C12H12N2O5S/c13-20(17,18)11-3-1-9(2-4-11)14-6-10-5-8(7-19-10)12(15)16/h1-5,7,14H,6H2,(H,15,16)(H2,13,17,18). The zero-order valence-electron chi connectivity index (χ0n) is 10.2. The van der Waals surface area contributed by atoms with Crippen molar-refractivity contribution in [2.45, 2.75) is 11.4 Å². The van der Waals surface area contributed by atoms with Crippen LogP contribution in [-0.2, 0) is 16.6 Å². The van der Waals surface area contributed by atoms with Gasteiger partial charge in [0.05, 0.1) is 17.0 Å². The van der Waals surface area contributed by atoms with Crippen molar-refractivity contribution in [1.82, 2.24) is 0 Å². The topological polar surface area (TPSA) is 123 Å². The van der Waals surface area contributed by atoms with E-state index in [1.807, 2.05) is 0 Å². The number of nitrogens with two attached hydrogens (primary N) is 1. The lowest BCUT2D eigenvalue weighted by atomic mass is 10.3. The highest BCUT2D eigenvalue weighted by Gasteiger charge is 2.09. The van der Waals surface area contributed by atoms with Gasteiger partial charge in [0.1, 0.15) is 12.0 Å². The second-order valence-electron chi connectivity index (χ2n) is 4.03. The Kier molecular flexibility index (Phi) is 3.77. The molecule has 7 nitrogen and oxygen atoms in total. The normalized spacial score (nSPS) is 11.2. The Morgan fingerprint density at radius 2 is 1.95 bits per heavy atom. The van der Waals surface area contributed by atoms with Gasteiger partial charge in [-0.2, -0.15) is 0 Å². The molecule has 1 aromatic heterocycles. The quantitative estimate of drug-likeness (QED) is 0.762. The number of aromatic carboxylic acids is 1. The summed E-state index contributed by atoms with van der Waals surface area (Å²) >= 11 is 0. The van der Waals surface area contributed by atoms with Crippen LogP contribution < -0.4 is 10.5 Å². The fraction of sp³-hybridized carbons (Fsp3) is 0.0833. The predicted octanol–water partition coefficient (Wildman–Crippen LogP) is 1.24. The first-order valence-corrected chi connectivity index (χ1v) is 7.08. The van der Waals surface area contributed by atoms with E-state index in [0.29, 0.717) is 11.4 Å². The molecule has 0 radical (unpaired) electrons. The number of nitrogens with one attached hydrogen (secondary N) is 1. The van der Waals surface area contributed by atoms with Crippen LogP contribution in [0, 0.1) is 0 Å². The van der Waals surface area contributed by atoms with E-state index in [1.54, 1.807) is 12.1 Å². The summed E-state index contributed by atoms with van der Waals surface area (Å²) in [6, 6.07) is 7.28. The number of carboxylic acid groups (broad SMARTS) is 1. The number of furan rings is 1. The van der Waals surface area contributed by atoms with Crippen LogP contribution in [0.25, 0.3) is 0 Å². The molecule has 0 bridgehead atoms. The number of anilines is 1. The van der Waals surface area contributed by atoms with Crippen molar-refractivity contribution in [3.63, 3.8) is 0 Å². The predicted molar refractivity (Wildman–Crippen MR) is 70.8 cm³/mol. The molecule has 0 unspecified atom stereocenters. The Hall–Kier alpha value is -2.32. The van der Waals surface area contributed by atoms with Crippen molar-refractivity contribution in [1.29, 1.82) is 0 Å². The summed E-state index contributed by atoms with van der Waals surface area (Å²) in [5, 5.41) is 16.7. The molecule has 0 saturated carbocycles. The number of hydrogen-bond acceptors (Lipinski definition) is 5. The fourth-order valence-corrected chi connectivity index (χ4v) is 2.05. The molecule has 0 fully saturated rings. The summed E-state index contributed by atoms with van der Waals surface area (Å²) in [6.45, 7) is 0.280. The van der Waals surface area contributed by atoms with Gasteiger partial charge < -0.3 is 14.8 Å². The lowest BCUT2D eigenvalue weighted by Gasteiger charge is -2.05. The van der Waals surface area contributed by atoms with E-state index < -0.39 is 16.0 Å². The number of hydrogen-bond donors (Lipinski definition) is 3. The Bertz CT molecular complexity index is 719. The number of sulfonamides is 1. The summed E-state index contributed by atoms with van der Waals surface area (Å²) in [7, 11) is -3.70. The molecule has 0 spiro atoms. The molecular formula is C12H12N2O5S. The molecule has 20 heavy (non-hydrogen) atoms. The van der Waals surface area contributed by atoms with Crippen LogP contribution in [0.2, 0.25) is 0 Å². The lowest BCUT2D eigenvalue weighted by molar-refractivity contribution is 0.0696. The molecule has 1 heterocycles. The highest BCUT2D eigenvalue weighted by atomic mass is 32.2. The van der Waals surface area contributed by atoms with Gasteiger partial charge in [-0.05, 0) is 30.3 Å².